The zero-order valence-electron chi connectivity index (χ0n) is 17.2. The summed E-state index contributed by atoms with van der Waals surface area (Å²) in [6.07, 6.45) is 18.2. The summed E-state index contributed by atoms with van der Waals surface area (Å²) in [5.74, 6) is 0.590. The minimum absolute atomic E-state index is 0.0939. The van der Waals surface area contributed by atoms with Gasteiger partial charge >= 0.3 is 5.97 Å². The Balaban J connectivity index is 2.06. The van der Waals surface area contributed by atoms with Crippen LogP contribution in [0.4, 0.5) is 0 Å². The van der Waals surface area contributed by atoms with Gasteiger partial charge in [0, 0.05) is 6.42 Å². The first-order valence-corrected chi connectivity index (χ1v) is 11.1. The number of hydrogen-bond acceptors (Lipinski definition) is 2. The molecule has 0 aromatic heterocycles. The Morgan fingerprint density at radius 2 is 1.19 bits per heavy atom. The van der Waals surface area contributed by atoms with E-state index in [1.807, 2.05) is 12.1 Å². The molecule has 1 aromatic rings. The molecule has 2 nitrogen and oxygen atoms in total. The highest BCUT2D eigenvalue weighted by molar-refractivity contribution is 5.72. The van der Waals surface area contributed by atoms with Gasteiger partial charge in [-0.2, -0.15) is 0 Å². The molecule has 0 spiro atoms. The average Bonchev–Trinajstić information content (AvgIpc) is 2.65. The number of carbonyl (C=O) groups excluding carboxylic acids is 1. The van der Waals surface area contributed by atoms with Crippen LogP contribution in [0.3, 0.4) is 0 Å². The van der Waals surface area contributed by atoms with Gasteiger partial charge < -0.3 is 4.74 Å². The van der Waals surface area contributed by atoms with E-state index < -0.39 is 0 Å². The van der Waals surface area contributed by atoms with Crippen molar-refractivity contribution in [1.29, 1.82) is 0 Å². The second-order valence-electron chi connectivity index (χ2n) is 7.51. The normalized spacial score (nSPS) is 10.8. The maximum atomic E-state index is 11.9. The van der Waals surface area contributed by atoms with Gasteiger partial charge in [-0.1, -0.05) is 96.6 Å². The zero-order valence-corrected chi connectivity index (χ0v) is 17.2. The van der Waals surface area contributed by atoms with Crippen molar-refractivity contribution in [3.63, 3.8) is 0 Å². The van der Waals surface area contributed by atoms with Gasteiger partial charge in [0.25, 0.3) is 0 Å². The Labute approximate surface area is 161 Å². The summed E-state index contributed by atoms with van der Waals surface area (Å²) in [5.41, 5.74) is 1.33. The largest absolute Gasteiger partial charge is 0.427 e. The van der Waals surface area contributed by atoms with E-state index >= 15 is 0 Å². The van der Waals surface area contributed by atoms with E-state index in [9.17, 15) is 4.79 Å². The summed E-state index contributed by atoms with van der Waals surface area (Å²) in [6, 6.07) is 8.05. The Morgan fingerprint density at radius 3 is 1.77 bits per heavy atom. The molecule has 0 aliphatic rings. The summed E-state index contributed by atoms with van der Waals surface area (Å²) in [5, 5.41) is 0. The fourth-order valence-electron chi connectivity index (χ4n) is 3.24. The van der Waals surface area contributed by atoms with Gasteiger partial charge in [-0.3, -0.25) is 4.79 Å². The number of esters is 1. The maximum Gasteiger partial charge on any atom is 0.311 e. The monoisotopic (exact) mass is 360 g/mol. The molecular formula is C24H40O2. The molecule has 2 heteroatoms. The molecule has 1 rings (SSSR count). The van der Waals surface area contributed by atoms with Gasteiger partial charge in [0.05, 0.1) is 0 Å². The van der Waals surface area contributed by atoms with Crippen molar-refractivity contribution in [1.82, 2.24) is 0 Å². The topological polar surface area (TPSA) is 26.3 Å². The number of unbranched alkanes of at least 4 members (excludes halogenated alkanes) is 11. The number of ether oxygens (including phenoxy) is 1. The van der Waals surface area contributed by atoms with E-state index in [2.05, 4.69) is 26.0 Å². The molecular weight excluding hydrogens is 320 g/mol. The zero-order chi connectivity index (χ0) is 18.9. The maximum absolute atomic E-state index is 11.9. The molecule has 0 N–H and O–H groups in total. The van der Waals surface area contributed by atoms with Gasteiger partial charge in [0.2, 0.25) is 0 Å². The predicted molar refractivity (Wildman–Crippen MR) is 112 cm³/mol. The molecule has 0 fully saturated rings. The van der Waals surface area contributed by atoms with Gasteiger partial charge in [0.1, 0.15) is 5.75 Å². The van der Waals surface area contributed by atoms with Crippen LogP contribution in [-0.2, 0) is 11.2 Å². The second-order valence-corrected chi connectivity index (χ2v) is 7.51. The average molecular weight is 361 g/mol. The third-order valence-corrected chi connectivity index (χ3v) is 4.96. The summed E-state index contributed by atoms with van der Waals surface area (Å²) in [4.78, 5) is 11.9. The molecule has 0 bridgehead atoms. The van der Waals surface area contributed by atoms with E-state index in [0.717, 1.165) is 19.3 Å². The molecule has 0 unspecified atom stereocenters. The van der Waals surface area contributed by atoms with Crippen LogP contribution in [0, 0.1) is 0 Å². The summed E-state index contributed by atoms with van der Waals surface area (Å²) in [7, 11) is 0. The highest BCUT2D eigenvalue weighted by Crippen LogP contribution is 2.16. The number of aryl methyl sites for hydroxylation is 1. The SMILES string of the molecule is CCCCCCCCCCCC(=O)Oc1ccc(CCCCCC)cc1. The van der Waals surface area contributed by atoms with E-state index in [4.69, 9.17) is 4.74 Å². The van der Waals surface area contributed by atoms with Crippen LogP contribution < -0.4 is 4.74 Å². The van der Waals surface area contributed by atoms with E-state index in [1.54, 1.807) is 0 Å². The fraction of sp³-hybridized carbons (Fsp3) is 0.708. The summed E-state index contributed by atoms with van der Waals surface area (Å²) >= 11 is 0. The lowest BCUT2D eigenvalue weighted by Crippen LogP contribution is -2.07. The van der Waals surface area contributed by atoms with Crippen LogP contribution in [0.15, 0.2) is 24.3 Å². The van der Waals surface area contributed by atoms with Gasteiger partial charge in [-0.05, 0) is 37.0 Å². The van der Waals surface area contributed by atoms with Crippen LogP contribution in [0.25, 0.3) is 0 Å². The fourth-order valence-corrected chi connectivity index (χ4v) is 3.24. The molecule has 0 aliphatic heterocycles. The van der Waals surface area contributed by atoms with E-state index in [0.29, 0.717) is 12.2 Å². The number of benzene rings is 1. The van der Waals surface area contributed by atoms with Crippen molar-refractivity contribution in [2.75, 3.05) is 0 Å². The van der Waals surface area contributed by atoms with Gasteiger partial charge in [0.15, 0.2) is 0 Å². The van der Waals surface area contributed by atoms with Crippen molar-refractivity contribution in [3.05, 3.63) is 29.8 Å². The molecule has 0 saturated carbocycles. The lowest BCUT2D eigenvalue weighted by atomic mass is 10.1. The Morgan fingerprint density at radius 1 is 0.692 bits per heavy atom. The first-order valence-electron chi connectivity index (χ1n) is 11.1. The van der Waals surface area contributed by atoms with Crippen LogP contribution in [-0.4, -0.2) is 5.97 Å². The minimum atomic E-state index is -0.0939. The lowest BCUT2D eigenvalue weighted by molar-refractivity contribution is -0.134. The first-order chi connectivity index (χ1) is 12.8. The third kappa shape index (κ3) is 12.1. The molecule has 0 atom stereocenters. The van der Waals surface area contributed by atoms with Crippen molar-refractivity contribution in [2.24, 2.45) is 0 Å². The molecule has 1 aromatic carbocycles. The Kier molecular flexibility index (Phi) is 13.9. The second kappa shape index (κ2) is 15.9. The number of rotatable bonds is 16. The standard InChI is InChI=1S/C24H40O2/c1-3-5-7-9-10-11-12-13-15-17-24(25)26-23-20-18-22(19-21-23)16-14-8-6-4-2/h18-21H,3-17H2,1-2H3. The number of carbonyl (C=O) groups is 1. The summed E-state index contributed by atoms with van der Waals surface area (Å²) < 4.78 is 5.45. The third-order valence-electron chi connectivity index (χ3n) is 4.96. The molecule has 0 amide bonds. The van der Waals surface area contributed by atoms with Crippen molar-refractivity contribution in [3.8, 4) is 5.75 Å². The Hall–Kier alpha value is -1.31. The van der Waals surface area contributed by atoms with Crippen LogP contribution in [0.1, 0.15) is 109 Å². The van der Waals surface area contributed by atoms with Crippen molar-refractivity contribution < 1.29 is 9.53 Å². The van der Waals surface area contributed by atoms with Crippen molar-refractivity contribution >= 4 is 5.97 Å². The molecule has 26 heavy (non-hydrogen) atoms. The van der Waals surface area contributed by atoms with E-state index in [-0.39, 0.29) is 5.97 Å². The number of hydrogen-bond donors (Lipinski definition) is 0. The highest BCUT2D eigenvalue weighted by atomic mass is 16.5. The first kappa shape index (κ1) is 22.7. The molecule has 0 aliphatic carbocycles. The predicted octanol–water partition coefficient (Wildman–Crippen LogP) is 7.64. The highest BCUT2D eigenvalue weighted by Gasteiger charge is 2.05. The summed E-state index contributed by atoms with van der Waals surface area (Å²) in [6.45, 7) is 4.49. The van der Waals surface area contributed by atoms with E-state index in [1.165, 1.54) is 76.2 Å². The quantitative estimate of drug-likeness (QED) is 0.172. The lowest BCUT2D eigenvalue weighted by Gasteiger charge is -2.06. The molecule has 148 valence electrons. The molecule has 0 radical (unpaired) electrons. The van der Waals surface area contributed by atoms with Crippen LogP contribution >= 0.6 is 0 Å². The van der Waals surface area contributed by atoms with Crippen LogP contribution in [0.2, 0.25) is 0 Å². The van der Waals surface area contributed by atoms with Gasteiger partial charge in [-0.15, -0.1) is 0 Å². The smallest absolute Gasteiger partial charge is 0.311 e. The van der Waals surface area contributed by atoms with Gasteiger partial charge in [-0.25, -0.2) is 0 Å². The molecule has 0 saturated heterocycles. The molecule has 0 heterocycles. The minimum Gasteiger partial charge on any atom is -0.427 e. The van der Waals surface area contributed by atoms with Crippen molar-refractivity contribution in [2.45, 2.75) is 110 Å². The van der Waals surface area contributed by atoms with Crippen LogP contribution in [0.5, 0.6) is 5.75 Å². The Bertz CT molecular complexity index is 450.